The maximum atomic E-state index is 12.6. The molecular formula is C23H24N4O4. The molecule has 1 aliphatic heterocycles. The Bertz CT molecular complexity index is 1040. The predicted molar refractivity (Wildman–Crippen MR) is 117 cm³/mol. The summed E-state index contributed by atoms with van der Waals surface area (Å²) in [5.41, 5.74) is 3.44. The molecule has 0 bridgehead atoms. The van der Waals surface area contributed by atoms with Crippen LogP contribution in [0.15, 0.2) is 60.9 Å². The van der Waals surface area contributed by atoms with Gasteiger partial charge >= 0.3 is 5.97 Å². The molecule has 0 unspecified atom stereocenters. The molecule has 0 saturated carbocycles. The largest absolute Gasteiger partial charge is 0.465 e. The number of nitrogens with zero attached hydrogens (tertiary/aromatic N) is 3. The van der Waals surface area contributed by atoms with Crippen LogP contribution in [0.1, 0.15) is 15.9 Å². The van der Waals surface area contributed by atoms with Crippen LogP contribution >= 0.6 is 0 Å². The molecule has 2 aromatic carbocycles. The van der Waals surface area contributed by atoms with Crippen molar-refractivity contribution >= 4 is 23.3 Å². The van der Waals surface area contributed by atoms with Crippen molar-refractivity contribution in [2.45, 2.75) is 6.42 Å². The first kappa shape index (κ1) is 20.6. The summed E-state index contributed by atoms with van der Waals surface area (Å²) in [4.78, 5) is 27.1. The van der Waals surface area contributed by atoms with Crippen LogP contribution in [0.5, 0.6) is 0 Å². The topological polar surface area (TPSA) is 85.7 Å². The number of aromatic nitrogens is 2. The highest BCUT2D eigenvalue weighted by atomic mass is 16.5. The number of methoxy groups -OCH3 is 1. The maximum Gasteiger partial charge on any atom is 0.340 e. The van der Waals surface area contributed by atoms with Gasteiger partial charge in [0.25, 0.3) is 0 Å². The molecule has 0 spiro atoms. The molecule has 0 aliphatic carbocycles. The Morgan fingerprint density at radius 1 is 1.10 bits per heavy atom. The van der Waals surface area contributed by atoms with E-state index in [1.165, 1.54) is 7.11 Å². The number of anilines is 2. The molecule has 4 rings (SSSR count). The lowest BCUT2D eigenvalue weighted by molar-refractivity contribution is -0.115. The van der Waals surface area contributed by atoms with Gasteiger partial charge in [0, 0.05) is 31.2 Å². The lowest BCUT2D eigenvalue weighted by atomic mass is 10.1. The van der Waals surface area contributed by atoms with Gasteiger partial charge < -0.3 is 19.7 Å². The molecule has 1 N–H and O–H groups in total. The van der Waals surface area contributed by atoms with Gasteiger partial charge in [0.15, 0.2) is 0 Å². The number of carbonyl (C=O) groups is 2. The standard InChI is InChI=1S/C23H24N4O4/c1-30-23(29)20-16-19(26-11-13-31-14-12-26)7-8-21(20)25-22(28)15-17-3-5-18(6-4-17)27-10-2-9-24-27/h2-10,16H,11-15H2,1H3,(H,25,28). The van der Waals surface area contributed by atoms with Crippen LogP contribution in [0.4, 0.5) is 11.4 Å². The van der Waals surface area contributed by atoms with Gasteiger partial charge in [0.05, 0.1) is 43.7 Å². The Balaban J connectivity index is 1.47. The molecule has 1 saturated heterocycles. The van der Waals surface area contributed by atoms with E-state index >= 15 is 0 Å². The highest BCUT2D eigenvalue weighted by Gasteiger charge is 2.18. The number of hydrogen-bond donors (Lipinski definition) is 1. The molecule has 31 heavy (non-hydrogen) atoms. The average molecular weight is 420 g/mol. The first-order valence-corrected chi connectivity index (χ1v) is 10.1. The van der Waals surface area contributed by atoms with E-state index in [9.17, 15) is 9.59 Å². The zero-order valence-electron chi connectivity index (χ0n) is 17.3. The molecule has 8 heteroatoms. The zero-order chi connectivity index (χ0) is 21.6. The van der Waals surface area contributed by atoms with Crippen molar-refractivity contribution in [2.75, 3.05) is 43.6 Å². The van der Waals surface area contributed by atoms with Crippen molar-refractivity contribution in [2.24, 2.45) is 0 Å². The minimum atomic E-state index is -0.492. The molecular weight excluding hydrogens is 396 g/mol. The molecule has 1 amide bonds. The SMILES string of the molecule is COC(=O)c1cc(N2CCOCC2)ccc1NC(=O)Cc1ccc(-n2cccn2)cc1. The van der Waals surface area contributed by atoms with Crippen molar-refractivity contribution in [3.8, 4) is 5.69 Å². The van der Waals surface area contributed by atoms with Gasteiger partial charge in [-0.05, 0) is 42.0 Å². The van der Waals surface area contributed by atoms with Crippen LogP contribution in [0.3, 0.4) is 0 Å². The summed E-state index contributed by atoms with van der Waals surface area (Å²) >= 11 is 0. The van der Waals surface area contributed by atoms with Gasteiger partial charge in [0.2, 0.25) is 5.91 Å². The molecule has 1 aromatic heterocycles. The predicted octanol–water partition coefficient (Wildman–Crippen LogP) is 2.68. The lowest BCUT2D eigenvalue weighted by Gasteiger charge is -2.29. The third kappa shape index (κ3) is 4.92. The molecule has 2 heterocycles. The summed E-state index contributed by atoms with van der Waals surface area (Å²) in [5, 5.41) is 7.04. The number of morpholine rings is 1. The van der Waals surface area contributed by atoms with E-state index in [1.807, 2.05) is 42.6 Å². The van der Waals surface area contributed by atoms with E-state index < -0.39 is 5.97 Å². The summed E-state index contributed by atoms with van der Waals surface area (Å²) in [6.07, 6.45) is 3.76. The summed E-state index contributed by atoms with van der Waals surface area (Å²) in [7, 11) is 1.33. The zero-order valence-corrected chi connectivity index (χ0v) is 17.3. The second-order valence-corrected chi connectivity index (χ2v) is 7.16. The third-order valence-electron chi connectivity index (χ3n) is 5.13. The highest BCUT2D eigenvalue weighted by Crippen LogP contribution is 2.25. The maximum absolute atomic E-state index is 12.6. The number of nitrogens with one attached hydrogen (secondary N) is 1. The molecule has 3 aromatic rings. The van der Waals surface area contributed by atoms with E-state index in [-0.39, 0.29) is 12.3 Å². The van der Waals surface area contributed by atoms with Gasteiger partial charge in [-0.2, -0.15) is 5.10 Å². The number of amides is 1. The smallest absolute Gasteiger partial charge is 0.340 e. The third-order valence-corrected chi connectivity index (χ3v) is 5.13. The number of rotatable bonds is 6. The van der Waals surface area contributed by atoms with E-state index in [0.29, 0.717) is 24.5 Å². The number of hydrogen-bond acceptors (Lipinski definition) is 6. The lowest BCUT2D eigenvalue weighted by Crippen LogP contribution is -2.36. The molecule has 1 aliphatic rings. The second-order valence-electron chi connectivity index (χ2n) is 7.16. The molecule has 0 radical (unpaired) electrons. The van der Waals surface area contributed by atoms with Crippen LogP contribution in [0.25, 0.3) is 5.69 Å². The van der Waals surface area contributed by atoms with Gasteiger partial charge in [-0.3, -0.25) is 4.79 Å². The summed E-state index contributed by atoms with van der Waals surface area (Å²) < 4.78 is 12.1. The number of benzene rings is 2. The van der Waals surface area contributed by atoms with Crippen molar-refractivity contribution in [3.63, 3.8) is 0 Å². The summed E-state index contributed by atoms with van der Waals surface area (Å²) in [5.74, 6) is -0.704. The van der Waals surface area contributed by atoms with Crippen LogP contribution in [0, 0.1) is 0 Å². The fourth-order valence-corrected chi connectivity index (χ4v) is 3.51. The van der Waals surface area contributed by atoms with E-state index in [0.717, 1.165) is 30.0 Å². The second kappa shape index (κ2) is 9.44. The van der Waals surface area contributed by atoms with Gasteiger partial charge in [-0.1, -0.05) is 12.1 Å². The Morgan fingerprint density at radius 2 is 1.84 bits per heavy atom. The molecule has 0 atom stereocenters. The fraction of sp³-hybridized carbons (Fsp3) is 0.261. The normalized spacial score (nSPS) is 13.6. The summed E-state index contributed by atoms with van der Waals surface area (Å²) in [6, 6.07) is 14.8. The Labute approximate surface area is 180 Å². The van der Waals surface area contributed by atoms with Gasteiger partial charge in [-0.15, -0.1) is 0 Å². The monoisotopic (exact) mass is 420 g/mol. The summed E-state index contributed by atoms with van der Waals surface area (Å²) in [6.45, 7) is 2.79. The van der Waals surface area contributed by atoms with Crippen molar-refractivity contribution in [1.82, 2.24) is 9.78 Å². The van der Waals surface area contributed by atoms with E-state index in [1.54, 1.807) is 23.0 Å². The Morgan fingerprint density at radius 3 is 2.52 bits per heavy atom. The first-order valence-electron chi connectivity index (χ1n) is 10.1. The fourth-order valence-electron chi connectivity index (χ4n) is 3.51. The number of esters is 1. The molecule has 160 valence electrons. The molecule has 8 nitrogen and oxygen atoms in total. The first-order chi connectivity index (χ1) is 15.1. The van der Waals surface area contributed by atoms with Crippen molar-refractivity contribution in [3.05, 3.63) is 72.1 Å². The minimum absolute atomic E-state index is 0.186. The number of carbonyl (C=O) groups excluding carboxylic acids is 2. The van der Waals surface area contributed by atoms with E-state index in [4.69, 9.17) is 9.47 Å². The Kier molecular flexibility index (Phi) is 6.28. The molecule has 1 fully saturated rings. The average Bonchev–Trinajstić information content (AvgIpc) is 3.35. The highest BCUT2D eigenvalue weighted by molar-refractivity contribution is 6.02. The van der Waals surface area contributed by atoms with Crippen molar-refractivity contribution < 1.29 is 19.1 Å². The number of ether oxygens (including phenoxy) is 2. The van der Waals surface area contributed by atoms with Crippen LogP contribution in [0.2, 0.25) is 0 Å². The van der Waals surface area contributed by atoms with Crippen LogP contribution in [-0.2, 0) is 20.7 Å². The quantitative estimate of drug-likeness (QED) is 0.617. The van der Waals surface area contributed by atoms with Crippen LogP contribution in [-0.4, -0.2) is 55.1 Å². The minimum Gasteiger partial charge on any atom is -0.465 e. The Hall–Kier alpha value is -3.65. The van der Waals surface area contributed by atoms with Gasteiger partial charge in [0.1, 0.15) is 0 Å². The van der Waals surface area contributed by atoms with Crippen LogP contribution < -0.4 is 10.2 Å². The van der Waals surface area contributed by atoms with Gasteiger partial charge in [-0.25, -0.2) is 9.48 Å². The van der Waals surface area contributed by atoms with E-state index in [2.05, 4.69) is 15.3 Å². The van der Waals surface area contributed by atoms with Crippen molar-refractivity contribution in [1.29, 1.82) is 0 Å².